The van der Waals surface area contributed by atoms with Crippen LogP contribution in [0.2, 0.25) is 10.0 Å². The van der Waals surface area contributed by atoms with Crippen LogP contribution in [0.3, 0.4) is 0 Å². The van der Waals surface area contributed by atoms with Crippen LogP contribution in [0, 0.1) is 5.41 Å². The average molecular weight is 411 g/mol. The Kier molecular flexibility index (Phi) is 3.88. The highest BCUT2D eigenvalue weighted by molar-refractivity contribution is 6.35. The molecule has 0 aromatic carbocycles. The molecule has 0 aliphatic carbocycles. The summed E-state index contributed by atoms with van der Waals surface area (Å²) in [5, 5.41) is 13.3. The summed E-state index contributed by atoms with van der Waals surface area (Å²) in [7, 11) is 0. The first-order chi connectivity index (χ1) is 13.6. The molecule has 10 heteroatoms. The number of aromatic amines is 1. The molecule has 0 bridgehead atoms. The lowest BCUT2D eigenvalue weighted by Crippen LogP contribution is -2.13. The van der Waals surface area contributed by atoms with E-state index in [1.54, 1.807) is 34.0 Å². The fourth-order valence-corrected chi connectivity index (χ4v) is 3.55. The summed E-state index contributed by atoms with van der Waals surface area (Å²) in [6.45, 7) is 0.357. The maximum atomic E-state index is 8.13. The van der Waals surface area contributed by atoms with Gasteiger partial charge >= 0.3 is 0 Å². The van der Waals surface area contributed by atoms with Gasteiger partial charge in [-0.3, -0.25) is 10.4 Å². The van der Waals surface area contributed by atoms with E-state index in [2.05, 4.69) is 20.1 Å². The molecule has 0 spiro atoms. The third kappa shape index (κ3) is 2.74. The van der Waals surface area contributed by atoms with Gasteiger partial charge in [0.2, 0.25) is 0 Å². The summed E-state index contributed by atoms with van der Waals surface area (Å²) < 4.78 is 3.58. The van der Waals surface area contributed by atoms with Crippen LogP contribution in [0.25, 0.3) is 28.1 Å². The summed E-state index contributed by atoms with van der Waals surface area (Å²) in [6, 6.07) is 5.80. The van der Waals surface area contributed by atoms with Crippen LogP contribution >= 0.6 is 23.2 Å². The summed E-state index contributed by atoms with van der Waals surface area (Å²) in [5.41, 5.74) is 3.79. The van der Waals surface area contributed by atoms with Gasteiger partial charge in [-0.1, -0.05) is 23.2 Å². The molecule has 0 aliphatic rings. The molecule has 5 heterocycles. The van der Waals surface area contributed by atoms with Crippen LogP contribution in [-0.4, -0.2) is 34.1 Å². The number of nitrogens with one attached hydrogen (secondary N) is 2. The molecule has 0 fully saturated rings. The van der Waals surface area contributed by atoms with E-state index < -0.39 is 0 Å². The Morgan fingerprint density at radius 2 is 1.96 bits per heavy atom. The second kappa shape index (κ2) is 6.43. The van der Waals surface area contributed by atoms with Gasteiger partial charge in [-0.15, -0.1) is 0 Å². The number of rotatable bonds is 3. The summed E-state index contributed by atoms with van der Waals surface area (Å²) in [5.74, 6) is 0.640. The number of pyridine rings is 2. The van der Waals surface area contributed by atoms with Gasteiger partial charge < -0.3 is 9.55 Å². The number of nitrogens with zero attached hydrogens (tertiary/aromatic N) is 6. The molecule has 0 saturated heterocycles. The Hall–Kier alpha value is -3.23. The second-order valence-corrected chi connectivity index (χ2v) is 7.02. The van der Waals surface area contributed by atoms with E-state index in [0.29, 0.717) is 33.6 Å². The Bertz CT molecular complexity index is 1380. The van der Waals surface area contributed by atoms with E-state index >= 15 is 0 Å². The van der Waals surface area contributed by atoms with Gasteiger partial charge in [-0.05, 0) is 18.2 Å². The van der Waals surface area contributed by atoms with E-state index in [1.807, 2.05) is 24.4 Å². The quantitative estimate of drug-likeness (QED) is 0.476. The van der Waals surface area contributed by atoms with E-state index in [1.165, 1.54) is 0 Å². The molecule has 138 valence electrons. The lowest BCUT2D eigenvalue weighted by Gasteiger charge is -2.09. The first kappa shape index (κ1) is 16.9. The van der Waals surface area contributed by atoms with E-state index in [4.69, 9.17) is 33.6 Å². The Morgan fingerprint density at radius 1 is 1.14 bits per heavy atom. The zero-order valence-corrected chi connectivity index (χ0v) is 15.8. The molecule has 5 aromatic rings. The van der Waals surface area contributed by atoms with Gasteiger partial charge in [-0.2, -0.15) is 5.10 Å². The number of halogens is 2. The molecule has 5 rings (SSSR count). The number of hydrogen-bond donors (Lipinski definition) is 2. The summed E-state index contributed by atoms with van der Waals surface area (Å²) in [4.78, 5) is 16.0. The molecule has 0 saturated carbocycles. The van der Waals surface area contributed by atoms with Gasteiger partial charge in [0, 0.05) is 35.9 Å². The van der Waals surface area contributed by atoms with Gasteiger partial charge in [0.1, 0.15) is 11.3 Å². The highest BCUT2D eigenvalue weighted by Crippen LogP contribution is 2.25. The normalized spacial score (nSPS) is 11.5. The van der Waals surface area contributed by atoms with Crippen LogP contribution in [0.5, 0.6) is 0 Å². The minimum absolute atomic E-state index is 0.113. The SMILES string of the molecule is N=c1ncn(Cc2c(Cl)cncc2Cl)c2nc(-c3ccn4nccc4c3)[nH]c12. The first-order valence-electron chi connectivity index (χ1n) is 8.31. The molecule has 2 N–H and O–H groups in total. The van der Waals surface area contributed by atoms with Crippen molar-refractivity contribution in [2.75, 3.05) is 0 Å². The second-order valence-electron chi connectivity index (χ2n) is 6.20. The van der Waals surface area contributed by atoms with E-state index in [9.17, 15) is 0 Å². The number of hydrogen-bond acceptors (Lipinski definition) is 5. The summed E-state index contributed by atoms with van der Waals surface area (Å²) in [6.07, 6.45) is 8.25. The average Bonchev–Trinajstić information content (AvgIpc) is 3.33. The van der Waals surface area contributed by atoms with Crippen molar-refractivity contribution in [3.8, 4) is 11.4 Å². The molecule has 0 atom stereocenters. The predicted octanol–water partition coefficient (Wildman–Crippen LogP) is 3.30. The number of H-pyrrole nitrogens is 1. The Balaban J connectivity index is 1.65. The molecule has 8 nitrogen and oxygen atoms in total. The van der Waals surface area contributed by atoms with Crippen LogP contribution in [0.4, 0.5) is 0 Å². The minimum atomic E-state index is 0.113. The first-order valence-corrected chi connectivity index (χ1v) is 9.07. The van der Waals surface area contributed by atoms with Crippen molar-refractivity contribution in [2.24, 2.45) is 0 Å². The monoisotopic (exact) mass is 410 g/mol. The number of fused-ring (bicyclic) bond motifs is 2. The van der Waals surface area contributed by atoms with Crippen molar-refractivity contribution >= 4 is 39.9 Å². The van der Waals surface area contributed by atoms with Crippen molar-refractivity contribution < 1.29 is 0 Å². The Morgan fingerprint density at radius 3 is 2.79 bits per heavy atom. The molecule has 0 amide bonds. The topological polar surface area (TPSA) is 101 Å². The highest BCUT2D eigenvalue weighted by atomic mass is 35.5. The fraction of sp³-hybridized carbons (Fsp3) is 0.0556. The smallest absolute Gasteiger partial charge is 0.173 e. The van der Waals surface area contributed by atoms with Crippen LogP contribution in [0.15, 0.2) is 49.3 Å². The standard InChI is InChI=1S/C18H12Cl2N8/c19-13-6-22-7-14(20)12(13)8-27-9-23-16(21)15-18(27)26-17(25-15)10-2-4-28-11(5-10)1-3-24-28/h1-7,9,21H,8H2,(H,25,26). The highest BCUT2D eigenvalue weighted by Gasteiger charge is 2.14. The predicted molar refractivity (Wildman–Crippen MR) is 105 cm³/mol. The van der Waals surface area contributed by atoms with Gasteiger partial charge in [0.25, 0.3) is 0 Å². The molecular weight excluding hydrogens is 399 g/mol. The van der Waals surface area contributed by atoms with Crippen molar-refractivity contribution in [3.63, 3.8) is 0 Å². The maximum Gasteiger partial charge on any atom is 0.173 e. The van der Waals surface area contributed by atoms with Crippen molar-refractivity contribution in [1.29, 1.82) is 5.41 Å². The molecule has 28 heavy (non-hydrogen) atoms. The third-order valence-corrected chi connectivity index (χ3v) is 5.13. The van der Waals surface area contributed by atoms with Gasteiger partial charge in [0.15, 0.2) is 11.1 Å². The summed E-state index contributed by atoms with van der Waals surface area (Å²) >= 11 is 12.5. The maximum absolute atomic E-state index is 8.13. The molecular formula is C18H12Cl2N8. The van der Waals surface area contributed by atoms with Crippen molar-refractivity contribution in [3.05, 3.63) is 70.4 Å². The molecule has 0 aliphatic heterocycles. The lowest BCUT2D eigenvalue weighted by atomic mass is 10.2. The van der Waals surface area contributed by atoms with Crippen LogP contribution in [0.1, 0.15) is 5.56 Å². The van der Waals surface area contributed by atoms with Crippen LogP contribution < -0.4 is 5.49 Å². The largest absolute Gasteiger partial charge is 0.334 e. The minimum Gasteiger partial charge on any atom is -0.334 e. The third-order valence-electron chi connectivity index (χ3n) is 4.47. The van der Waals surface area contributed by atoms with Crippen molar-refractivity contribution in [2.45, 2.75) is 6.54 Å². The molecule has 0 radical (unpaired) electrons. The zero-order chi connectivity index (χ0) is 19.3. The van der Waals surface area contributed by atoms with Crippen molar-refractivity contribution in [1.82, 2.24) is 34.1 Å². The lowest BCUT2D eigenvalue weighted by molar-refractivity contribution is 0.783. The number of imidazole rings is 1. The number of aromatic nitrogens is 7. The van der Waals surface area contributed by atoms with Gasteiger partial charge in [-0.25, -0.2) is 14.5 Å². The zero-order valence-electron chi connectivity index (χ0n) is 14.3. The van der Waals surface area contributed by atoms with E-state index in [0.717, 1.165) is 16.6 Å². The fourth-order valence-electron chi connectivity index (χ4n) is 3.06. The van der Waals surface area contributed by atoms with E-state index in [-0.39, 0.29) is 5.49 Å². The Labute approximate surface area is 167 Å². The van der Waals surface area contributed by atoms with Crippen LogP contribution in [-0.2, 0) is 6.54 Å². The van der Waals surface area contributed by atoms with Gasteiger partial charge in [0.05, 0.1) is 28.4 Å². The molecule has 5 aromatic heterocycles. The molecule has 0 unspecified atom stereocenters.